The van der Waals surface area contributed by atoms with Gasteiger partial charge in [0.15, 0.2) is 0 Å². The topological polar surface area (TPSA) is 50.5 Å². The predicted molar refractivity (Wildman–Crippen MR) is 75.3 cm³/mol. The lowest BCUT2D eigenvalue weighted by atomic mass is 10.2. The Morgan fingerprint density at radius 1 is 1.58 bits per heavy atom. The highest BCUT2D eigenvalue weighted by Crippen LogP contribution is 2.36. The maximum absolute atomic E-state index is 5.64. The molecular weight excluding hydrogens is 242 g/mol. The van der Waals surface area contributed by atoms with E-state index in [1.807, 2.05) is 0 Å². The van der Waals surface area contributed by atoms with E-state index in [-0.39, 0.29) is 0 Å². The quantitative estimate of drug-likeness (QED) is 0.742. The third-order valence-electron chi connectivity index (χ3n) is 3.67. The van der Waals surface area contributed by atoms with Crippen LogP contribution in [0.1, 0.15) is 32.4 Å². The summed E-state index contributed by atoms with van der Waals surface area (Å²) in [5, 5.41) is 3.26. The van der Waals surface area contributed by atoms with Gasteiger partial charge >= 0.3 is 0 Å². The summed E-state index contributed by atoms with van der Waals surface area (Å²) in [6.07, 6.45) is 4.38. The lowest BCUT2D eigenvalue weighted by Gasteiger charge is -2.27. The van der Waals surface area contributed by atoms with E-state index >= 15 is 0 Å². The fraction of sp³-hybridized carbons (Fsp3) is 0.786. The Kier molecular flexibility index (Phi) is 5.22. The average molecular weight is 267 g/mol. The lowest BCUT2D eigenvalue weighted by Crippen LogP contribution is -2.37. The summed E-state index contributed by atoms with van der Waals surface area (Å²) < 4.78 is 10.8. The standard InChI is InChI=1S/C14H25N3O2/c1-4-15-9-13-10-19-14(16-13)17(7-8-18-3)11(2)12-5-6-12/h10-12,15H,4-9H2,1-3H3. The minimum absolute atomic E-state index is 0.473. The highest BCUT2D eigenvalue weighted by Gasteiger charge is 2.33. The van der Waals surface area contributed by atoms with Crippen LogP contribution in [0.25, 0.3) is 0 Å². The Morgan fingerprint density at radius 2 is 2.37 bits per heavy atom. The minimum Gasteiger partial charge on any atom is -0.432 e. The molecule has 1 N–H and O–H groups in total. The summed E-state index contributed by atoms with van der Waals surface area (Å²) in [5.74, 6) is 0.779. The molecule has 1 saturated carbocycles. The summed E-state index contributed by atoms with van der Waals surface area (Å²) in [4.78, 5) is 6.81. The molecule has 0 saturated heterocycles. The molecule has 1 heterocycles. The number of nitrogens with one attached hydrogen (secondary N) is 1. The van der Waals surface area contributed by atoms with Crippen LogP contribution in [0, 0.1) is 5.92 Å². The number of oxazole rings is 1. The molecular formula is C14H25N3O2. The van der Waals surface area contributed by atoms with Crippen molar-refractivity contribution in [2.75, 3.05) is 31.7 Å². The molecule has 0 amide bonds. The van der Waals surface area contributed by atoms with E-state index in [1.165, 1.54) is 12.8 Å². The van der Waals surface area contributed by atoms with Crippen LogP contribution in [-0.2, 0) is 11.3 Å². The summed E-state index contributed by atoms with van der Waals surface area (Å²) in [6.45, 7) is 7.56. The second kappa shape index (κ2) is 6.91. The SMILES string of the molecule is CCNCc1coc(N(CCOC)C(C)C2CC2)n1. The Morgan fingerprint density at radius 3 is 3.00 bits per heavy atom. The van der Waals surface area contributed by atoms with Crippen molar-refractivity contribution >= 4 is 6.01 Å². The Hall–Kier alpha value is -1.07. The summed E-state index contributed by atoms with van der Waals surface area (Å²) >= 11 is 0. The number of rotatable bonds is 9. The molecule has 108 valence electrons. The molecule has 5 heteroatoms. The van der Waals surface area contributed by atoms with Crippen LogP contribution < -0.4 is 10.2 Å². The highest BCUT2D eigenvalue weighted by atomic mass is 16.5. The van der Waals surface area contributed by atoms with E-state index in [2.05, 4.69) is 29.0 Å². The van der Waals surface area contributed by atoms with Gasteiger partial charge in [0.1, 0.15) is 6.26 Å². The fourth-order valence-corrected chi connectivity index (χ4v) is 2.26. The molecule has 19 heavy (non-hydrogen) atoms. The molecule has 1 aliphatic carbocycles. The van der Waals surface area contributed by atoms with Gasteiger partial charge < -0.3 is 19.4 Å². The Labute approximate surface area is 115 Å². The van der Waals surface area contributed by atoms with Crippen molar-refractivity contribution < 1.29 is 9.15 Å². The first-order valence-electron chi connectivity index (χ1n) is 7.17. The number of aromatic nitrogens is 1. The van der Waals surface area contributed by atoms with Gasteiger partial charge in [-0.3, -0.25) is 0 Å². The third kappa shape index (κ3) is 3.94. The van der Waals surface area contributed by atoms with Crippen LogP contribution in [-0.4, -0.2) is 37.8 Å². The maximum Gasteiger partial charge on any atom is 0.297 e. The number of anilines is 1. The molecule has 1 aromatic rings. The maximum atomic E-state index is 5.64. The molecule has 1 aromatic heterocycles. The number of ether oxygens (including phenoxy) is 1. The summed E-state index contributed by atoms with van der Waals surface area (Å²) in [6, 6.07) is 1.20. The molecule has 1 atom stereocenters. The van der Waals surface area contributed by atoms with Crippen molar-refractivity contribution in [3.8, 4) is 0 Å². The third-order valence-corrected chi connectivity index (χ3v) is 3.67. The fourth-order valence-electron chi connectivity index (χ4n) is 2.26. The van der Waals surface area contributed by atoms with Crippen molar-refractivity contribution in [3.63, 3.8) is 0 Å². The van der Waals surface area contributed by atoms with Crippen LogP contribution in [0.4, 0.5) is 6.01 Å². The van der Waals surface area contributed by atoms with Gasteiger partial charge in [-0.1, -0.05) is 6.92 Å². The van der Waals surface area contributed by atoms with Crippen LogP contribution in [0.5, 0.6) is 0 Å². The van der Waals surface area contributed by atoms with Gasteiger partial charge in [-0.25, -0.2) is 0 Å². The zero-order valence-corrected chi connectivity index (χ0v) is 12.2. The van der Waals surface area contributed by atoms with Crippen LogP contribution in [0.2, 0.25) is 0 Å². The number of hydrogen-bond donors (Lipinski definition) is 1. The lowest BCUT2D eigenvalue weighted by molar-refractivity contribution is 0.201. The van der Waals surface area contributed by atoms with Crippen molar-refractivity contribution in [3.05, 3.63) is 12.0 Å². The monoisotopic (exact) mass is 267 g/mol. The minimum atomic E-state index is 0.473. The smallest absolute Gasteiger partial charge is 0.297 e. The molecule has 0 aromatic carbocycles. The van der Waals surface area contributed by atoms with Gasteiger partial charge in [0, 0.05) is 26.2 Å². The number of hydrogen-bond acceptors (Lipinski definition) is 5. The Balaban J connectivity index is 2.01. The molecule has 0 spiro atoms. The van der Waals surface area contributed by atoms with Crippen LogP contribution in [0.3, 0.4) is 0 Å². The zero-order chi connectivity index (χ0) is 13.7. The van der Waals surface area contributed by atoms with E-state index in [4.69, 9.17) is 9.15 Å². The van der Waals surface area contributed by atoms with E-state index < -0.39 is 0 Å². The highest BCUT2D eigenvalue weighted by molar-refractivity contribution is 5.30. The second-order valence-electron chi connectivity index (χ2n) is 5.17. The van der Waals surface area contributed by atoms with Crippen molar-refractivity contribution in [1.29, 1.82) is 0 Å². The average Bonchev–Trinajstić information content (AvgIpc) is 3.17. The van der Waals surface area contributed by atoms with Gasteiger partial charge in [-0.05, 0) is 32.2 Å². The molecule has 1 fully saturated rings. The predicted octanol–water partition coefficient (Wildman–Crippen LogP) is 2.04. The van der Waals surface area contributed by atoms with E-state index in [1.54, 1.807) is 13.4 Å². The molecule has 0 bridgehead atoms. The molecule has 1 aliphatic rings. The molecule has 0 aliphatic heterocycles. The second-order valence-corrected chi connectivity index (χ2v) is 5.17. The van der Waals surface area contributed by atoms with Crippen molar-refractivity contribution in [2.45, 2.75) is 39.3 Å². The summed E-state index contributed by atoms with van der Waals surface area (Å²) in [5.41, 5.74) is 0.960. The zero-order valence-electron chi connectivity index (χ0n) is 12.2. The van der Waals surface area contributed by atoms with Gasteiger partial charge in [-0.15, -0.1) is 0 Å². The number of methoxy groups -OCH3 is 1. The van der Waals surface area contributed by atoms with E-state index in [9.17, 15) is 0 Å². The van der Waals surface area contributed by atoms with Crippen LogP contribution >= 0.6 is 0 Å². The molecule has 2 rings (SSSR count). The van der Waals surface area contributed by atoms with Gasteiger partial charge in [-0.2, -0.15) is 4.98 Å². The van der Waals surface area contributed by atoms with Gasteiger partial charge in [0.05, 0.1) is 12.3 Å². The van der Waals surface area contributed by atoms with Crippen LogP contribution in [0.15, 0.2) is 10.7 Å². The number of nitrogens with zero attached hydrogens (tertiary/aromatic N) is 2. The molecule has 1 unspecified atom stereocenters. The summed E-state index contributed by atoms with van der Waals surface area (Å²) in [7, 11) is 1.73. The van der Waals surface area contributed by atoms with Crippen molar-refractivity contribution in [2.24, 2.45) is 5.92 Å². The first kappa shape index (κ1) is 14.3. The van der Waals surface area contributed by atoms with Gasteiger partial charge in [0.2, 0.25) is 0 Å². The molecule has 5 nitrogen and oxygen atoms in total. The normalized spacial score (nSPS) is 16.6. The van der Waals surface area contributed by atoms with E-state index in [0.717, 1.165) is 37.3 Å². The van der Waals surface area contributed by atoms with Gasteiger partial charge in [0.25, 0.3) is 6.01 Å². The Bertz CT molecular complexity index is 377. The first-order valence-corrected chi connectivity index (χ1v) is 7.17. The molecule has 0 radical (unpaired) electrons. The first-order chi connectivity index (χ1) is 9.26. The van der Waals surface area contributed by atoms with E-state index in [0.29, 0.717) is 12.6 Å². The van der Waals surface area contributed by atoms with Crippen molar-refractivity contribution in [1.82, 2.24) is 10.3 Å². The largest absolute Gasteiger partial charge is 0.432 e.